The molecule has 0 N–H and O–H groups in total. The smallest absolute Gasteiger partial charge is 0.306 e. The van der Waals surface area contributed by atoms with Gasteiger partial charge >= 0.3 is 11.9 Å². The van der Waals surface area contributed by atoms with Crippen molar-refractivity contribution in [3.05, 3.63) is 0 Å². The minimum absolute atomic E-state index is 0.0570. The van der Waals surface area contributed by atoms with Crippen LogP contribution in [0.4, 0.5) is 0 Å². The molecule has 92 valence electrons. The van der Waals surface area contributed by atoms with Crippen molar-refractivity contribution >= 4 is 11.9 Å². The molecule has 1 aliphatic heterocycles. The first-order valence-corrected chi connectivity index (χ1v) is 5.89. The maximum absolute atomic E-state index is 11.3. The van der Waals surface area contributed by atoms with Crippen molar-refractivity contribution in [1.82, 2.24) is 0 Å². The Morgan fingerprint density at radius 2 is 2.31 bits per heavy atom. The Bertz CT molecular complexity index is 247. The molecular formula is C12H20O4. The van der Waals surface area contributed by atoms with E-state index in [0.717, 1.165) is 12.8 Å². The van der Waals surface area contributed by atoms with Crippen molar-refractivity contribution in [2.75, 3.05) is 13.2 Å². The van der Waals surface area contributed by atoms with Gasteiger partial charge < -0.3 is 9.47 Å². The summed E-state index contributed by atoms with van der Waals surface area (Å²) in [5.74, 6) is 0.316. The van der Waals surface area contributed by atoms with E-state index in [9.17, 15) is 9.59 Å². The lowest BCUT2D eigenvalue weighted by Gasteiger charge is -2.08. The molecular weight excluding hydrogens is 208 g/mol. The van der Waals surface area contributed by atoms with Crippen LogP contribution in [0, 0.1) is 11.8 Å². The molecule has 0 spiro atoms. The summed E-state index contributed by atoms with van der Waals surface area (Å²) in [6.45, 7) is 4.96. The molecule has 4 heteroatoms. The van der Waals surface area contributed by atoms with Gasteiger partial charge in [0.05, 0.1) is 19.6 Å². The van der Waals surface area contributed by atoms with E-state index in [1.54, 1.807) is 0 Å². The highest BCUT2D eigenvalue weighted by molar-refractivity contribution is 5.72. The van der Waals surface area contributed by atoms with E-state index in [1.165, 1.54) is 0 Å². The molecule has 16 heavy (non-hydrogen) atoms. The molecule has 1 fully saturated rings. The van der Waals surface area contributed by atoms with Gasteiger partial charge in [-0.05, 0) is 12.3 Å². The standard InChI is InChI=1S/C12H20O4/c1-9(2)4-3-5-11(13)15-7-10-6-12(14)16-8-10/h9-10H,3-8H2,1-2H3/t10-/m0/s1. The van der Waals surface area contributed by atoms with Gasteiger partial charge in [-0.3, -0.25) is 9.59 Å². The number of cyclic esters (lactones) is 1. The van der Waals surface area contributed by atoms with E-state index in [4.69, 9.17) is 9.47 Å². The Morgan fingerprint density at radius 1 is 1.56 bits per heavy atom. The van der Waals surface area contributed by atoms with Crippen LogP contribution in [0.25, 0.3) is 0 Å². The number of carbonyl (C=O) groups excluding carboxylic acids is 2. The molecule has 1 heterocycles. The van der Waals surface area contributed by atoms with Crippen molar-refractivity contribution < 1.29 is 19.1 Å². The van der Waals surface area contributed by atoms with Gasteiger partial charge in [0.1, 0.15) is 0 Å². The highest BCUT2D eigenvalue weighted by Crippen LogP contribution is 2.14. The average Bonchev–Trinajstić information content (AvgIpc) is 2.61. The Kier molecular flexibility index (Phi) is 5.29. The second-order valence-corrected chi connectivity index (χ2v) is 4.72. The number of hydrogen-bond donors (Lipinski definition) is 0. The second kappa shape index (κ2) is 6.51. The Hall–Kier alpha value is -1.06. The molecule has 0 saturated carbocycles. The fourth-order valence-corrected chi connectivity index (χ4v) is 1.61. The molecule has 0 aromatic heterocycles. The second-order valence-electron chi connectivity index (χ2n) is 4.72. The lowest BCUT2D eigenvalue weighted by atomic mass is 10.1. The van der Waals surface area contributed by atoms with Crippen molar-refractivity contribution in [3.8, 4) is 0 Å². The Balaban J connectivity index is 2.04. The van der Waals surface area contributed by atoms with Gasteiger partial charge in [0.2, 0.25) is 0 Å². The quantitative estimate of drug-likeness (QED) is 0.652. The van der Waals surface area contributed by atoms with E-state index in [1.807, 2.05) is 0 Å². The van der Waals surface area contributed by atoms with Crippen LogP contribution < -0.4 is 0 Å². The maximum atomic E-state index is 11.3. The summed E-state index contributed by atoms with van der Waals surface area (Å²) in [4.78, 5) is 22.1. The van der Waals surface area contributed by atoms with E-state index in [2.05, 4.69) is 13.8 Å². The van der Waals surface area contributed by atoms with Gasteiger partial charge in [-0.1, -0.05) is 20.3 Å². The van der Waals surface area contributed by atoms with E-state index < -0.39 is 0 Å². The lowest BCUT2D eigenvalue weighted by molar-refractivity contribution is -0.145. The van der Waals surface area contributed by atoms with Crippen molar-refractivity contribution in [2.45, 2.75) is 39.5 Å². The molecule has 0 aromatic rings. The summed E-state index contributed by atoms with van der Waals surface area (Å²) in [5.41, 5.74) is 0. The molecule has 0 radical (unpaired) electrons. The van der Waals surface area contributed by atoms with Crippen LogP contribution in [0.3, 0.4) is 0 Å². The largest absolute Gasteiger partial charge is 0.465 e. The third-order valence-corrected chi connectivity index (χ3v) is 2.58. The first kappa shape index (κ1) is 13.0. The summed E-state index contributed by atoms with van der Waals surface area (Å²) in [7, 11) is 0. The zero-order valence-electron chi connectivity index (χ0n) is 10.0. The van der Waals surface area contributed by atoms with Crippen LogP contribution in [-0.2, 0) is 19.1 Å². The third kappa shape index (κ3) is 5.14. The summed E-state index contributed by atoms with van der Waals surface area (Å²) in [5, 5.41) is 0. The highest BCUT2D eigenvalue weighted by atomic mass is 16.6. The number of hydrogen-bond acceptors (Lipinski definition) is 4. The SMILES string of the molecule is CC(C)CCCC(=O)OC[C@H]1COC(=O)C1. The first-order valence-electron chi connectivity index (χ1n) is 5.89. The molecule has 1 atom stereocenters. The monoisotopic (exact) mass is 228 g/mol. The molecule has 0 bridgehead atoms. The van der Waals surface area contributed by atoms with Crippen LogP contribution in [0.2, 0.25) is 0 Å². The molecule has 0 amide bonds. The van der Waals surface area contributed by atoms with Crippen LogP contribution in [0.15, 0.2) is 0 Å². The van der Waals surface area contributed by atoms with Gasteiger partial charge in [-0.15, -0.1) is 0 Å². The topological polar surface area (TPSA) is 52.6 Å². The molecule has 0 unspecified atom stereocenters. The Labute approximate surface area is 96.3 Å². The predicted molar refractivity (Wildman–Crippen MR) is 58.7 cm³/mol. The zero-order valence-corrected chi connectivity index (χ0v) is 10.0. The summed E-state index contributed by atoms with van der Waals surface area (Å²) in [6, 6.07) is 0. The number of esters is 2. The average molecular weight is 228 g/mol. The van der Waals surface area contributed by atoms with Crippen LogP contribution >= 0.6 is 0 Å². The van der Waals surface area contributed by atoms with Crippen LogP contribution in [0.1, 0.15) is 39.5 Å². The number of ether oxygens (including phenoxy) is 2. The van der Waals surface area contributed by atoms with Crippen molar-refractivity contribution in [1.29, 1.82) is 0 Å². The van der Waals surface area contributed by atoms with Crippen LogP contribution in [0.5, 0.6) is 0 Å². The predicted octanol–water partition coefficient (Wildman–Crippen LogP) is 1.92. The lowest BCUT2D eigenvalue weighted by Crippen LogP contribution is -2.14. The van der Waals surface area contributed by atoms with E-state index >= 15 is 0 Å². The molecule has 1 rings (SSSR count). The minimum atomic E-state index is -0.194. The van der Waals surface area contributed by atoms with Gasteiger partial charge in [0.25, 0.3) is 0 Å². The first-order chi connectivity index (χ1) is 7.58. The van der Waals surface area contributed by atoms with E-state index in [0.29, 0.717) is 32.0 Å². The van der Waals surface area contributed by atoms with Crippen molar-refractivity contribution in [2.24, 2.45) is 11.8 Å². The van der Waals surface area contributed by atoms with Gasteiger partial charge in [-0.25, -0.2) is 0 Å². The maximum Gasteiger partial charge on any atom is 0.306 e. The molecule has 1 aliphatic rings. The fourth-order valence-electron chi connectivity index (χ4n) is 1.61. The summed E-state index contributed by atoms with van der Waals surface area (Å²) >= 11 is 0. The van der Waals surface area contributed by atoms with Gasteiger partial charge in [0.15, 0.2) is 0 Å². The summed E-state index contributed by atoms with van der Waals surface area (Å²) in [6.07, 6.45) is 2.76. The Morgan fingerprint density at radius 3 is 2.88 bits per heavy atom. The molecule has 0 aliphatic carbocycles. The fraction of sp³-hybridized carbons (Fsp3) is 0.833. The van der Waals surface area contributed by atoms with Crippen LogP contribution in [-0.4, -0.2) is 25.2 Å². The zero-order chi connectivity index (χ0) is 12.0. The van der Waals surface area contributed by atoms with E-state index in [-0.39, 0.29) is 17.9 Å². The molecule has 0 aromatic carbocycles. The highest BCUT2D eigenvalue weighted by Gasteiger charge is 2.24. The molecule has 1 saturated heterocycles. The summed E-state index contributed by atoms with van der Waals surface area (Å²) < 4.78 is 9.87. The normalized spacial score (nSPS) is 19.9. The van der Waals surface area contributed by atoms with Gasteiger partial charge in [0, 0.05) is 12.3 Å². The number of carbonyl (C=O) groups is 2. The minimum Gasteiger partial charge on any atom is -0.465 e. The van der Waals surface area contributed by atoms with Gasteiger partial charge in [-0.2, -0.15) is 0 Å². The molecule has 4 nitrogen and oxygen atoms in total. The number of rotatable bonds is 6. The third-order valence-electron chi connectivity index (χ3n) is 2.58. The van der Waals surface area contributed by atoms with Crippen molar-refractivity contribution in [3.63, 3.8) is 0 Å².